The van der Waals surface area contributed by atoms with Crippen LogP contribution < -0.4 is 5.32 Å². The summed E-state index contributed by atoms with van der Waals surface area (Å²) >= 11 is 0. The smallest absolute Gasteiger partial charge is 0.223 e. The number of carbonyl (C=O) groups is 1. The Balaban J connectivity index is 2.25. The summed E-state index contributed by atoms with van der Waals surface area (Å²) < 4.78 is 0. The molecule has 1 aliphatic carbocycles. The van der Waals surface area contributed by atoms with Crippen molar-refractivity contribution < 1.29 is 9.90 Å². The summed E-state index contributed by atoms with van der Waals surface area (Å²) in [6.45, 7) is 6.85. The highest BCUT2D eigenvalue weighted by Crippen LogP contribution is 2.32. The topological polar surface area (TPSA) is 49.3 Å². The van der Waals surface area contributed by atoms with Gasteiger partial charge >= 0.3 is 0 Å². The Labute approximate surface area is 118 Å². The third-order valence-electron chi connectivity index (χ3n) is 4.35. The summed E-state index contributed by atoms with van der Waals surface area (Å²) in [5, 5.41) is 12.2. The first-order valence-corrected chi connectivity index (χ1v) is 7.87. The van der Waals surface area contributed by atoms with Crippen LogP contribution in [0.15, 0.2) is 0 Å². The highest BCUT2D eigenvalue weighted by molar-refractivity contribution is 5.78. The highest BCUT2D eigenvalue weighted by Gasteiger charge is 2.27. The third kappa shape index (κ3) is 5.94. The number of unbranched alkanes of at least 4 members (excludes halogenated alkanes) is 1. The van der Waals surface area contributed by atoms with Crippen LogP contribution in [0.4, 0.5) is 0 Å². The van der Waals surface area contributed by atoms with Crippen LogP contribution in [0.3, 0.4) is 0 Å². The molecule has 0 bridgehead atoms. The van der Waals surface area contributed by atoms with Crippen LogP contribution in [-0.4, -0.2) is 24.2 Å². The SMILES string of the molecule is CCCCC1CCC(C(=O)NCC(C)(C)CO)CC1. The van der Waals surface area contributed by atoms with Crippen LogP contribution in [0.25, 0.3) is 0 Å². The van der Waals surface area contributed by atoms with Gasteiger partial charge in [-0.1, -0.05) is 40.0 Å². The predicted octanol–water partition coefficient (Wildman–Crippen LogP) is 3.12. The van der Waals surface area contributed by atoms with E-state index >= 15 is 0 Å². The van der Waals surface area contributed by atoms with E-state index in [0.29, 0.717) is 6.54 Å². The van der Waals surface area contributed by atoms with Gasteiger partial charge in [0.1, 0.15) is 0 Å². The van der Waals surface area contributed by atoms with Crippen molar-refractivity contribution in [1.82, 2.24) is 5.32 Å². The second-order valence-corrected chi connectivity index (χ2v) is 6.90. The number of aliphatic hydroxyl groups excluding tert-OH is 1. The molecule has 1 aliphatic rings. The average Bonchev–Trinajstić information content (AvgIpc) is 2.43. The molecule has 3 nitrogen and oxygen atoms in total. The molecule has 1 amide bonds. The van der Waals surface area contributed by atoms with Gasteiger partial charge in [0.2, 0.25) is 5.91 Å². The number of aliphatic hydroxyl groups is 1. The van der Waals surface area contributed by atoms with Crippen molar-refractivity contribution in [3.63, 3.8) is 0 Å². The van der Waals surface area contributed by atoms with Crippen molar-refractivity contribution in [3.8, 4) is 0 Å². The number of hydrogen-bond acceptors (Lipinski definition) is 2. The maximum Gasteiger partial charge on any atom is 0.223 e. The first-order chi connectivity index (χ1) is 8.98. The molecule has 0 unspecified atom stereocenters. The van der Waals surface area contributed by atoms with Crippen LogP contribution in [-0.2, 0) is 4.79 Å². The molecular weight excluding hydrogens is 238 g/mol. The molecule has 3 heteroatoms. The summed E-state index contributed by atoms with van der Waals surface area (Å²) in [7, 11) is 0. The maximum atomic E-state index is 12.1. The Kier molecular flexibility index (Phi) is 6.84. The van der Waals surface area contributed by atoms with Crippen LogP contribution >= 0.6 is 0 Å². The van der Waals surface area contributed by atoms with Crippen LogP contribution in [0.2, 0.25) is 0 Å². The van der Waals surface area contributed by atoms with Crippen molar-refractivity contribution >= 4 is 5.91 Å². The number of nitrogens with one attached hydrogen (secondary N) is 1. The first kappa shape index (κ1) is 16.5. The van der Waals surface area contributed by atoms with E-state index in [2.05, 4.69) is 12.2 Å². The summed E-state index contributed by atoms with van der Waals surface area (Å²) in [4.78, 5) is 12.1. The molecule has 0 aromatic carbocycles. The van der Waals surface area contributed by atoms with Crippen molar-refractivity contribution in [2.45, 2.75) is 65.7 Å². The quantitative estimate of drug-likeness (QED) is 0.746. The summed E-state index contributed by atoms with van der Waals surface area (Å²) in [6, 6.07) is 0. The predicted molar refractivity (Wildman–Crippen MR) is 78.8 cm³/mol. The van der Waals surface area contributed by atoms with Crippen LogP contribution in [0, 0.1) is 17.3 Å². The van der Waals surface area contributed by atoms with E-state index < -0.39 is 0 Å². The largest absolute Gasteiger partial charge is 0.396 e. The van der Waals surface area contributed by atoms with E-state index in [1.807, 2.05) is 13.8 Å². The second kappa shape index (κ2) is 7.88. The summed E-state index contributed by atoms with van der Waals surface area (Å²) in [5.41, 5.74) is -0.214. The molecule has 0 radical (unpaired) electrons. The van der Waals surface area contributed by atoms with Gasteiger partial charge in [-0.25, -0.2) is 0 Å². The van der Waals surface area contributed by atoms with Gasteiger partial charge in [-0.3, -0.25) is 4.79 Å². The monoisotopic (exact) mass is 269 g/mol. The highest BCUT2D eigenvalue weighted by atomic mass is 16.3. The Morgan fingerprint density at radius 1 is 1.26 bits per heavy atom. The molecular formula is C16H31NO2. The average molecular weight is 269 g/mol. The van der Waals surface area contributed by atoms with Gasteiger partial charge < -0.3 is 10.4 Å². The normalized spacial score (nSPS) is 24.2. The fraction of sp³-hybridized carbons (Fsp3) is 0.938. The zero-order chi connectivity index (χ0) is 14.3. The van der Waals surface area contributed by atoms with Gasteiger partial charge in [-0.15, -0.1) is 0 Å². The fourth-order valence-corrected chi connectivity index (χ4v) is 2.73. The minimum atomic E-state index is -0.214. The minimum absolute atomic E-state index is 0.108. The number of carbonyl (C=O) groups excluding carboxylic acids is 1. The first-order valence-electron chi connectivity index (χ1n) is 7.87. The van der Waals surface area contributed by atoms with E-state index in [0.717, 1.165) is 18.8 Å². The Morgan fingerprint density at radius 3 is 2.42 bits per heavy atom. The number of rotatable bonds is 7. The molecule has 1 rings (SSSR count). The standard InChI is InChI=1S/C16H31NO2/c1-4-5-6-13-7-9-14(10-8-13)15(19)17-11-16(2,3)12-18/h13-14,18H,4-12H2,1-3H3,(H,17,19). The zero-order valence-electron chi connectivity index (χ0n) is 12.9. The molecule has 0 heterocycles. The molecule has 0 saturated heterocycles. The minimum Gasteiger partial charge on any atom is -0.396 e. The van der Waals surface area contributed by atoms with E-state index in [-0.39, 0.29) is 23.8 Å². The van der Waals surface area contributed by atoms with E-state index in [1.54, 1.807) is 0 Å². The Morgan fingerprint density at radius 2 is 1.89 bits per heavy atom. The third-order valence-corrected chi connectivity index (χ3v) is 4.35. The summed E-state index contributed by atoms with van der Waals surface area (Å²) in [5.74, 6) is 1.24. The van der Waals surface area contributed by atoms with Gasteiger partial charge in [0.05, 0.1) is 0 Å². The number of hydrogen-bond donors (Lipinski definition) is 2. The maximum absolute atomic E-state index is 12.1. The van der Waals surface area contributed by atoms with E-state index in [1.165, 1.54) is 32.1 Å². The van der Waals surface area contributed by atoms with Gasteiger partial charge in [0.25, 0.3) is 0 Å². The Hall–Kier alpha value is -0.570. The van der Waals surface area contributed by atoms with Crippen molar-refractivity contribution in [2.24, 2.45) is 17.3 Å². The molecule has 0 aromatic heterocycles. The molecule has 19 heavy (non-hydrogen) atoms. The summed E-state index contributed by atoms with van der Waals surface area (Å²) in [6.07, 6.45) is 8.44. The van der Waals surface area contributed by atoms with Crippen molar-refractivity contribution in [3.05, 3.63) is 0 Å². The van der Waals surface area contributed by atoms with Gasteiger partial charge in [-0.2, -0.15) is 0 Å². The van der Waals surface area contributed by atoms with Crippen LogP contribution in [0.1, 0.15) is 65.7 Å². The van der Waals surface area contributed by atoms with Crippen molar-refractivity contribution in [1.29, 1.82) is 0 Å². The van der Waals surface area contributed by atoms with Crippen LogP contribution in [0.5, 0.6) is 0 Å². The van der Waals surface area contributed by atoms with Gasteiger partial charge in [-0.05, 0) is 31.6 Å². The molecule has 2 N–H and O–H groups in total. The van der Waals surface area contributed by atoms with E-state index in [4.69, 9.17) is 0 Å². The van der Waals surface area contributed by atoms with E-state index in [9.17, 15) is 9.90 Å². The lowest BCUT2D eigenvalue weighted by Crippen LogP contribution is -2.40. The van der Waals surface area contributed by atoms with Gasteiger partial charge in [0.15, 0.2) is 0 Å². The molecule has 0 aromatic rings. The number of amides is 1. The molecule has 1 saturated carbocycles. The lowest BCUT2D eigenvalue weighted by molar-refractivity contribution is -0.126. The lowest BCUT2D eigenvalue weighted by atomic mass is 9.79. The molecule has 112 valence electrons. The lowest BCUT2D eigenvalue weighted by Gasteiger charge is -2.29. The molecule has 0 atom stereocenters. The molecule has 1 fully saturated rings. The molecule has 0 spiro atoms. The van der Waals surface area contributed by atoms with Crippen molar-refractivity contribution in [2.75, 3.05) is 13.2 Å². The molecule has 0 aliphatic heterocycles. The van der Waals surface area contributed by atoms with Gasteiger partial charge in [0, 0.05) is 24.5 Å². The zero-order valence-corrected chi connectivity index (χ0v) is 12.9. The Bertz CT molecular complexity index is 268. The second-order valence-electron chi connectivity index (χ2n) is 6.90. The fourth-order valence-electron chi connectivity index (χ4n) is 2.73.